The molecule has 0 saturated carbocycles. The summed E-state index contributed by atoms with van der Waals surface area (Å²) in [4.78, 5) is 25.7. The normalized spacial score (nSPS) is 13.4. The van der Waals surface area contributed by atoms with Gasteiger partial charge in [-0.15, -0.1) is 0 Å². The van der Waals surface area contributed by atoms with Crippen molar-refractivity contribution in [3.63, 3.8) is 0 Å². The second-order valence-electron chi connectivity index (χ2n) is 9.98. The van der Waals surface area contributed by atoms with E-state index in [4.69, 9.17) is 9.47 Å². The van der Waals surface area contributed by atoms with Gasteiger partial charge in [0.15, 0.2) is 11.5 Å². The van der Waals surface area contributed by atoms with Gasteiger partial charge in [-0.3, -0.25) is 4.55 Å². The van der Waals surface area contributed by atoms with Crippen molar-refractivity contribution >= 4 is 22.1 Å². The quantitative estimate of drug-likeness (QED) is 0.203. The Hall–Kier alpha value is -3.53. The summed E-state index contributed by atoms with van der Waals surface area (Å²) in [6.45, 7) is 7.78. The summed E-state index contributed by atoms with van der Waals surface area (Å²) in [7, 11) is -4.36. The van der Waals surface area contributed by atoms with Crippen molar-refractivity contribution in [3.8, 4) is 11.5 Å². The first-order chi connectivity index (χ1) is 17.9. The van der Waals surface area contributed by atoms with Crippen LogP contribution in [0.1, 0.15) is 66.3 Å². The van der Waals surface area contributed by atoms with Gasteiger partial charge in [0.1, 0.15) is 0 Å². The highest BCUT2D eigenvalue weighted by molar-refractivity contribution is 7.85. The molecule has 0 aliphatic rings. The van der Waals surface area contributed by atoms with Crippen LogP contribution in [0, 0.1) is 0 Å². The van der Waals surface area contributed by atoms with Crippen LogP contribution < -0.4 is 14.8 Å². The summed E-state index contributed by atoms with van der Waals surface area (Å²) in [5.41, 5.74) is 0.739. The van der Waals surface area contributed by atoms with Crippen molar-refractivity contribution in [2.75, 3.05) is 5.75 Å². The maximum atomic E-state index is 12.9. The molecule has 0 fully saturated rings. The van der Waals surface area contributed by atoms with E-state index in [9.17, 15) is 22.6 Å². The highest BCUT2D eigenvalue weighted by atomic mass is 32.2. The summed E-state index contributed by atoms with van der Waals surface area (Å²) in [6.07, 6.45) is 0.557. The molecule has 0 heterocycles. The van der Waals surface area contributed by atoms with Gasteiger partial charge < -0.3 is 14.8 Å². The molecule has 3 aromatic rings. The first-order valence-electron chi connectivity index (χ1n) is 12.3. The zero-order valence-corrected chi connectivity index (χ0v) is 22.7. The maximum absolute atomic E-state index is 12.9. The highest BCUT2D eigenvalue weighted by Gasteiger charge is 2.30. The Balaban J connectivity index is 2.06. The van der Waals surface area contributed by atoms with Gasteiger partial charge in [0.2, 0.25) is 0 Å². The van der Waals surface area contributed by atoms with E-state index in [-0.39, 0.29) is 28.6 Å². The number of nitrogens with one attached hydrogen (secondary N) is 1. The van der Waals surface area contributed by atoms with E-state index in [1.807, 2.05) is 27.7 Å². The number of esters is 2. The zero-order chi connectivity index (χ0) is 27.9. The van der Waals surface area contributed by atoms with Gasteiger partial charge >= 0.3 is 11.9 Å². The van der Waals surface area contributed by atoms with Crippen LogP contribution in [0.15, 0.2) is 78.9 Å². The van der Waals surface area contributed by atoms with Crippen molar-refractivity contribution in [1.82, 2.24) is 5.32 Å². The van der Waals surface area contributed by atoms with E-state index < -0.39 is 33.7 Å². The molecule has 202 valence electrons. The molecule has 8 nitrogen and oxygen atoms in total. The minimum Gasteiger partial charge on any atom is -0.419 e. The largest absolute Gasteiger partial charge is 0.419 e. The topological polar surface area (TPSA) is 119 Å². The number of carbonyl (C=O) groups excluding carboxylic acids is 2. The van der Waals surface area contributed by atoms with Crippen LogP contribution in [0.25, 0.3) is 0 Å². The predicted molar refractivity (Wildman–Crippen MR) is 145 cm³/mol. The Morgan fingerprint density at radius 1 is 0.842 bits per heavy atom. The van der Waals surface area contributed by atoms with Crippen LogP contribution in [0.4, 0.5) is 0 Å². The van der Waals surface area contributed by atoms with Crippen molar-refractivity contribution in [2.45, 2.75) is 51.6 Å². The molecule has 0 aromatic heterocycles. The van der Waals surface area contributed by atoms with Crippen molar-refractivity contribution in [3.05, 3.63) is 95.6 Å². The van der Waals surface area contributed by atoms with Gasteiger partial charge in [-0.1, -0.05) is 49.4 Å². The summed E-state index contributed by atoms with van der Waals surface area (Å²) in [5, 5.41) is 3.41. The summed E-state index contributed by atoms with van der Waals surface area (Å²) >= 11 is 0. The van der Waals surface area contributed by atoms with Crippen molar-refractivity contribution < 1.29 is 32.0 Å². The second kappa shape index (κ2) is 12.3. The summed E-state index contributed by atoms with van der Waals surface area (Å²) < 4.78 is 45.0. The Labute approximate surface area is 223 Å². The van der Waals surface area contributed by atoms with E-state index in [0.717, 1.165) is 0 Å². The van der Waals surface area contributed by atoms with Gasteiger partial charge in [0, 0.05) is 17.5 Å². The van der Waals surface area contributed by atoms with Crippen LogP contribution >= 0.6 is 0 Å². The minimum atomic E-state index is -4.36. The molecule has 3 rings (SSSR count). The molecule has 2 atom stereocenters. The monoisotopic (exact) mass is 539 g/mol. The van der Waals surface area contributed by atoms with Crippen molar-refractivity contribution in [2.24, 2.45) is 0 Å². The van der Waals surface area contributed by atoms with Crippen LogP contribution in [-0.4, -0.2) is 42.2 Å². The fraction of sp³-hybridized carbons (Fsp3) is 0.310. The molecule has 0 bridgehead atoms. The number of ether oxygens (including phenoxy) is 2. The molecule has 2 N–H and O–H groups in total. The summed E-state index contributed by atoms with van der Waals surface area (Å²) in [5.74, 6) is -2.62. The molecule has 0 saturated heterocycles. The average molecular weight is 540 g/mol. The third-order valence-electron chi connectivity index (χ3n) is 5.75. The molecule has 0 radical (unpaired) electrons. The average Bonchev–Trinajstić information content (AvgIpc) is 2.87. The van der Waals surface area contributed by atoms with Gasteiger partial charge in [-0.25, -0.2) is 9.59 Å². The van der Waals surface area contributed by atoms with E-state index in [2.05, 4.69) is 5.32 Å². The van der Waals surface area contributed by atoms with E-state index >= 15 is 0 Å². The van der Waals surface area contributed by atoms with Gasteiger partial charge in [-0.2, -0.15) is 8.42 Å². The first-order valence-corrected chi connectivity index (χ1v) is 13.9. The lowest BCUT2D eigenvalue weighted by molar-refractivity contribution is 0.0682. The fourth-order valence-corrected chi connectivity index (χ4v) is 4.98. The Morgan fingerprint density at radius 2 is 1.34 bits per heavy atom. The molecular weight excluding hydrogens is 506 g/mol. The van der Waals surface area contributed by atoms with Crippen LogP contribution in [-0.2, 0) is 10.1 Å². The van der Waals surface area contributed by atoms with Gasteiger partial charge in [0.25, 0.3) is 10.1 Å². The molecule has 0 spiro atoms. The lowest BCUT2D eigenvalue weighted by Gasteiger charge is -2.33. The Bertz CT molecular complexity index is 1350. The van der Waals surface area contributed by atoms with Crippen LogP contribution in [0.3, 0.4) is 0 Å². The fourth-order valence-electron chi connectivity index (χ4n) is 4.10. The smallest absolute Gasteiger partial charge is 0.343 e. The van der Waals surface area contributed by atoms with Gasteiger partial charge in [0.05, 0.1) is 16.9 Å². The number of carbonyl (C=O) groups is 2. The highest BCUT2D eigenvalue weighted by Crippen LogP contribution is 2.35. The number of hydrogen-bond acceptors (Lipinski definition) is 7. The standard InChI is InChI=1S/C29H33NO7S/c1-5-24(30-29(2,3)4)23(19-38(33,34)35)22-16-17-25(36-27(31)20-12-8-6-9-13-20)26(18-22)37-28(32)21-14-10-7-11-15-21/h6-18,23-24,30H,5,19H2,1-4H3,(H,33,34,35). The molecule has 0 amide bonds. The molecular formula is C29H33NO7S. The molecule has 0 aliphatic heterocycles. The maximum Gasteiger partial charge on any atom is 0.343 e. The van der Waals surface area contributed by atoms with E-state index in [1.54, 1.807) is 66.7 Å². The minimum absolute atomic E-state index is 0.00526. The Kier molecular flexibility index (Phi) is 9.43. The molecule has 0 aliphatic carbocycles. The molecule has 38 heavy (non-hydrogen) atoms. The van der Waals surface area contributed by atoms with Crippen molar-refractivity contribution in [1.29, 1.82) is 0 Å². The third kappa shape index (κ3) is 8.51. The molecule has 9 heteroatoms. The van der Waals surface area contributed by atoms with Crippen LogP contribution in [0.5, 0.6) is 11.5 Å². The van der Waals surface area contributed by atoms with Gasteiger partial charge in [-0.05, 0) is 69.2 Å². The second-order valence-corrected chi connectivity index (χ2v) is 11.5. The SMILES string of the molecule is CCC(NC(C)(C)C)C(CS(=O)(=O)O)c1ccc(OC(=O)c2ccccc2)c(OC(=O)c2ccccc2)c1. The number of benzene rings is 3. The lowest BCUT2D eigenvalue weighted by Crippen LogP contribution is -2.47. The van der Waals surface area contributed by atoms with E-state index in [0.29, 0.717) is 17.5 Å². The Morgan fingerprint density at radius 3 is 1.79 bits per heavy atom. The predicted octanol–water partition coefficient (Wildman–Crippen LogP) is 5.26. The number of hydrogen-bond donors (Lipinski definition) is 2. The van der Waals surface area contributed by atoms with Crippen LogP contribution in [0.2, 0.25) is 0 Å². The third-order valence-corrected chi connectivity index (χ3v) is 6.53. The first kappa shape index (κ1) is 29.0. The van der Waals surface area contributed by atoms with E-state index in [1.165, 1.54) is 12.1 Å². The lowest BCUT2D eigenvalue weighted by atomic mass is 9.89. The molecule has 3 aromatic carbocycles. The number of rotatable bonds is 10. The summed E-state index contributed by atoms with van der Waals surface area (Å²) in [6, 6.07) is 20.9. The molecule has 2 unspecified atom stereocenters. The zero-order valence-electron chi connectivity index (χ0n) is 21.9.